The maximum absolute atomic E-state index is 13.4. The number of morpholine rings is 1. The summed E-state index contributed by atoms with van der Waals surface area (Å²) >= 11 is 0. The van der Waals surface area contributed by atoms with Crippen LogP contribution in [0.5, 0.6) is 0 Å². The van der Waals surface area contributed by atoms with E-state index in [1.165, 1.54) is 16.4 Å². The highest BCUT2D eigenvalue weighted by atomic mass is 32.2. The highest BCUT2D eigenvalue weighted by Crippen LogP contribution is 2.32. The van der Waals surface area contributed by atoms with E-state index < -0.39 is 10.0 Å². The highest BCUT2D eigenvalue weighted by Gasteiger charge is 2.33. The van der Waals surface area contributed by atoms with Crippen molar-refractivity contribution in [3.8, 4) is 17.5 Å². The second kappa shape index (κ2) is 8.86. The molecule has 2 aliphatic heterocycles. The third-order valence-corrected chi connectivity index (χ3v) is 7.68. The van der Waals surface area contributed by atoms with E-state index >= 15 is 0 Å². The van der Waals surface area contributed by atoms with Crippen LogP contribution in [0.3, 0.4) is 0 Å². The van der Waals surface area contributed by atoms with Crippen LogP contribution in [-0.4, -0.2) is 60.5 Å². The number of pyridine rings is 1. The van der Waals surface area contributed by atoms with Gasteiger partial charge in [0.25, 0.3) is 0 Å². The van der Waals surface area contributed by atoms with Crippen molar-refractivity contribution in [3.63, 3.8) is 0 Å². The summed E-state index contributed by atoms with van der Waals surface area (Å²) in [7, 11) is -3.77. The largest absolute Gasteiger partial charge is 0.378 e. The number of aromatic nitrogens is 3. The number of anilines is 1. The normalized spacial score (nSPS) is 16.8. The fourth-order valence-corrected chi connectivity index (χ4v) is 5.57. The van der Waals surface area contributed by atoms with Crippen LogP contribution < -0.4 is 4.90 Å². The van der Waals surface area contributed by atoms with Gasteiger partial charge in [-0.15, -0.1) is 0 Å². The topological polar surface area (TPSA) is 112 Å². The van der Waals surface area contributed by atoms with Gasteiger partial charge in [0, 0.05) is 56.1 Å². The number of benzene rings is 1. The van der Waals surface area contributed by atoms with Crippen LogP contribution in [0.4, 0.5) is 5.82 Å². The Morgan fingerprint density at radius 1 is 1.06 bits per heavy atom. The van der Waals surface area contributed by atoms with Gasteiger partial charge in [0.1, 0.15) is 5.82 Å². The molecule has 1 fully saturated rings. The Bertz CT molecular complexity index is 1320. The van der Waals surface area contributed by atoms with Crippen molar-refractivity contribution in [2.24, 2.45) is 0 Å². The first kappa shape index (κ1) is 21.5. The Morgan fingerprint density at radius 3 is 2.67 bits per heavy atom. The Morgan fingerprint density at radius 2 is 1.91 bits per heavy atom. The van der Waals surface area contributed by atoms with Crippen LogP contribution >= 0.6 is 0 Å². The molecule has 1 aromatic carbocycles. The van der Waals surface area contributed by atoms with Crippen molar-refractivity contribution in [2.75, 3.05) is 37.7 Å². The van der Waals surface area contributed by atoms with Gasteiger partial charge >= 0.3 is 0 Å². The summed E-state index contributed by atoms with van der Waals surface area (Å²) in [5.41, 5.74) is 2.79. The van der Waals surface area contributed by atoms with Crippen molar-refractivity contribution in [3.05, 3.63) is 65.6 Å². The highest BCUT2D eigenvalue weighted by molar-refractivity contribution is 7.89. The van der Waals surface area contributed by atoms with E-state index in [1.807, 2.05) is 18.2 Å². The number of ether oxygens (including phenoxy) is 1. The Labute approximate surface area is 192 Å². The zero-order valence-electron chi connectivity index (χ0n) is 17.9. The monoisotopic (exact) mass is 462 g/mol. The minimum atomic E-state index is -3.77. The van der Waals surface area contributed by atoms with E-state index in [0.717, 1.165) is 22.6 Å². The van der Waals surface area contributed by atoms with E-state index in [4.69, 9.17) is 14.7 Å². The number of rotatable bonds is 4. The van der Waals surface area contributed by atoms with Crippen LogP contribution in [0.15, 0.2) is 53.7 Å². The number of hydrogen-bond donors (Lipinski definition) is 0. The molecule has 0 saturated carbocycles. The fraction of sp³-hybridized carbons (Fsp3) is 0.304. The predicted octanol–water partition coefficient (Wildman–Crippen LogP) is 1.99. The maximum atomic E-state index is 13.4. The van der Waals surface area contributed by atoms with E-state index in [0.29, 0.717) is 50.7 Å². The number of sulfonamides is 1. The minimum absolute atomic E-state index is 0.117. The van der Waals surface area contributed by atoms with Crippen molar-refractivity contribution in [2.45, 2.75) is 17.9 Å². The first-order chi connectivity index (χ1) is 16.1. The number of hydrogen-bond acceptors (Lipinski definition) is 8. The van der Waals surface area contributed by atoms with E-state index in [-0.39, 0.29) is 11.4 Å². The number of nitriles is 1. The maximum Gasteiger partial charge on any atom is 0.243 e. The molecule has 33 heavy (non-hydrogen) atoms. The molecule has 0 N–H and O–H groups in total. The molecule has 9 nitrogen and oxygen atoms in total. The third-order valence-electron chi connectivity index (χ3n) is 5.83. The molecule has 0 bridgehead atoms. The average Bonchev–Trinajstić information content (AvgIpc) is 2.88. The van der Waals surface area contributed by atoms with Gasteiger partial charge < -0.3 is 9.64 Å². The third kappa shape index (κ3) is 4.18. The van der Waals surface area contributed by atoms with E-state index in [1.54, 1.807) is 24.5 Å². The van der Waals surface area contributed by atoms with Gasteiger partial charge in [0.2, 0.25) is 10.0 Å². The molecule has 168 valence electrons. The molecule has 0 atom stereocenters. The second-order valence-corrected chi connectivity index (χ2v) is 9.80. The Hall–Kier alpha value is -3.39. The molecule has 0 radical (unpaired) electrons. The molecule has 0 amide bonds. The molecule has 0 unspecified atom stereocenters. The van der Waals surface area contributed by atoms with Gasteiger partial charge in [-0.25, -0.2) is 18.4 Å². The zero-order valence-corrected chi connectivity index (χ0v) is 18.7. The summed E-state index contributed by atoms with van der Waals surface area (Å²) in [6, 6.07) is 11.9. The van der Waals surface area contributed by atoms with Crippen LogP contribution in [0, 0.1) is 11.3 Å². The smallest absolute Gasteiger partial charge is 0.243 e. The van der Waals surface area contributed by atoms with Crippen molar-refractivity contribution in [1.82, 2.24) is 19.3 Å². The van der Waals surface area contributed by atoms with E-state index in [9.17, 15) is 13.7 Å². The fourth-order valence-electron chi connectivity index (χ4n) is 4.11. The standard InChI is InChI=1S/C23H22N6O3S/c24-14-17-3-1-5-19(13-17)33(30,31)29-8-6-21-20(16-29)23(28-9-11-32-12-10-28)27-22(26-21)18-4-2-7-25-15-18/h1-5,7,13,15H,6,8-12,16H2. The number of nitrogens with zero attached hydrogens (tertiary/aromatic N) is 6. The minimum Gasteiger partial charge on any atom is -0.378 e. The van der Waals surface area contributed by atoms with Gasteiger partial charge in [0.05, 0.1) is 35.4 Å². The summed E-state index contributed by atoms with van der Waals surface area (Å²) in [5, 5.41) is 9.17. The van der Waals surface area contributed by atoms with Gasteiger partial charge in [-0.2, -0.15) is 9.57 Å². The van der Waals surface area contributed by atoms with Crippen molar-refractivity contribution < 1.29 is 13.2 Å². The lowest BCUT2D eigenvalue weighted by atomic mass is 10.1. The Kier molecular flexibility index (Phi) is 5.76. The van der Waals surface area contributed by atoms with Crippen LogP contribution in [0.25, 0.3) is 11.4 Å². The molecular formula is C23H22N6O3S. The molecular weight excluding hydrogens is 440 g/mol. The van der Waals surface area contributed by atoms with Crippen molar-refractivity contribution >= 4 is 15.8 Å². The molecule has 0 aliphatic carbocycles. The van der Waals surface area contributed by atoms with E-state index in [2.05, 4.69) is 9.88 Å². The lowest BCUT2D eigenvalue weighted by molar-refractivity contribution is 0.122. The molecule has 5 rings (SSSR count). The number of fused-ring (bicyclic) bond motifs is 1. The molecule has 10 heteroatoms. The second-order valence-electron chi connectivity index (χ2n) is 7.87. The molecule has 3 aromatic rings. The van der Waals surface area contributed by atoms with Gasteiger partial charge in [-0.3, -0.25) is 4.98 Å². The summed E-state index contributed by atoms with van der Waals surface area (Å²) in [6.45, 7) is 3.00. The van der Waals surface area contributed by atoms with Crippen LogP contribution in [0.2, 0.25) is 0 Å². The van der Waals surface area contributed by atoms with Gasteiger partial charge in [-0.1, -0.05) is 6.07 Å². The lowest BCUT2D eigenvalue weighted by Crippen LogP contribution is -2.41. The first-order valence-electron chi connectivity index (χ1n) is 10.7. The summed E-state index contributed by atoms with van der Waals surface area (Å²) in [6.07, 6.45) is 3.90. The zero-order chi connectivity index (χ0) is 22.8. The SMILES string of the molecule is N#Cc1cccc(S(=O)(=O)N2CCc3nc(-c4cccnc4)nc(N4CCOCC4)c3C2)c1. The molecule has 2 aliphatic rings. The first-order valence-corrected chi connectivity index (χ1v) is 12.1. The van der Waals surface area contributed by atoms with Crippen LogP contribution in [-0.2, 0) is 27.7 Å². The molecule has 2 aromatic heterocycles. The lowest BCUT2D eigenvalue weighted by Gasteiger charge is -2.34. The van der Waals surface area contributed by atoms with Crippen LogP contribution in [0.1, 0.15) is 16.8 Å². The summed E-state index contributed by atoms with van der Waals surface area (Å²) < 4.78 is 33.7. The summed E-state index contributed by atoms with van der Waals surface area (Å²) in [5.74, 6) is 1.33. The molecule has 4 heterocycles. The van der Waals surface area contributed by atoms with Crippen molar-refractivity contribution in [1.29, 1.82) is 5.26 Å². The summed E-state index contributed by atoms with van der Waals surface area (Å²) in [4.78, 5) is 16.1. The molecule has 0 spiro atoms. The average molecular weight is 463 g/mol. The van der Waals surface area contributed by atoms with Gasteiger partial charge in [-0.05, 0) is 30.3 Å². The quantitative estimate of drug-likeness (QED) is 0.579. The van der Waals surface area contributed by atoms with Gasteiger partial charge in [0.15, 0.2) is 5.82 Å². The molecule has 1 saturated heterocycles. The Balaban J connectivity index is 1.55. The predicted molar refractivity (Wildman–Crippen MR) is 121 cm³/mol.